The molecular formula is C26H26N6O2. The first-order valence-electron chi connectivity index (χ1n) is 11.3. The Balaban J connectivity index is 1.34. The summed E-state index contributed by atoms with van der Waals surface area (Å²) >= 11 is 0. The summed E-state index contributed by atoms with van der Waals surface area (Å²) in [6.45, 7) is 4.67. The monoisotopic (exact) mass is 454 g/mol. The highest BCUT2D eigenvalue weighted by atomic mass is 16.2. The summed E-state index contributed by atoms with van der Waals surface area (Å²) in [4.78, 5) is 31.4. The lowest BCUT2D eigenvalue weighted by Gasteiger charge is -2.23. The van der Waals surface area contributed by atoms with Crippen molar-refractivity contribution in [2.45, 2.75) is 33.1 Å². The number of anilines is 3. The van der Waals surface area contributed by atoms with Crippen molar-refractivity contribution < 1.29 is 9.59 Å². The number of nitrogens with zero attached hydrogens (tertiary/aromatic N) is 4. The van der Waals surface area contributed by atoms with Crippen molar-refractivity contribution in [3.8, 4) is 0 Å². The Morgan fingerprint density at radius 3 is 2.59 bits per heavy atom. The second kappa shape index (κ2) is 8.62. The standard InChI is InChI=1S/C26H26N6O2/c1-16-19(17(2)32-26(29-16)20(15-28-32)25(27)34)11-12-24(33)30-21-8-4-6-10-23(21)31-14-13-18-7-3-5-9-22(18)31/h3-10,15H,11-14H2,1-2H3,(H2,27,34)(H,30,33). The van der Waals surface area contributed by atoms with E-state index in [0.717, 1.165) is 41.3 Å². The van der Waals surface area contributed by atoms with E-state index in [1.165, 1.54) is 17.4 Å². The highest BCUT2D eigenvalue weighted by molar-refractivity contribution is 5.98. The summed E-state index contributed by atoms with van der Waals surface area (Å²) in [5.74, 6) is -0.634. The molecule has 0 atom stereocenters. The number of nitrogens with one attached hydrogen (secondary N) is 1. The SMILES string of the molecule is Cc1nc2c(C(N)=O)cnn2c(C)c1CCC(=O)Nc1ccccc1N1CCc2ccccc21. The van der Waals surface area contributed by atoms with Crippen molar-refractivity contribution in [1.82, 2.24) is 14.6 Å². The zero-order valence-electron chi connectivity index (χ0n) is 19.2. The van der Waals surface area contributed by atoms with Gasteiger partial charge in [0.2, 0.25) is 5.91 Å². The molecule has 172 valence electrons. The Morgan fingerprint density at radius 1 is 1.06 bits per heavy atom. The van der Waals surface area contributed by atoms with Crippen LogP contribution in [0.4, 0.5) is 17.1 Å². The molecule has 2 amide bonds. The number of hydrogen-bond donors (Lipinski definition) is 2. The van der Waals surface area contributed by atoms with Crippen LogP contribution in [0.1, 0.15) is 39.3 Å². The van der Waals surface area contributed by atoms with Gasteiger partial charge < -0.3 is 16.0 Å². The van der Waals surface area contributed by atoms with Crippen LogP contribution in [0.25, 0.3) is 5.65 Å². The van der Waals surface area contributed by atoms with Gasteiger partial charge in [-0.15, -0.1) is 0 Å². The number of para-hydroxylation sites is 3. The molecule has 0 aliphatic carbocycles. The molecule has 1 aliphatic rings. The number of amides is 2. The van der Waals surface area contributed by atoms with E-state index < -0.39 is 5.91 Å². The van der Waals surface area contributed by atoms with Crippen LogP contribution in [0.5, 0.6) is 0 Å². The molecule has 0 saturated heterocycles. The van der Waals surface area contributed by atoms with Crippen molar-refractivity contribution in [3.63, 3.8) is 0 Å². The lowest BCUT2D eigenvalue weighted by Crippen LogP contribution is -2.19. The van der Waals surface area contributed by atoms with Crippen molar-refractivity contribution in [2.75, 3.05) is 16.8 Å². The number of aryl methyl sites for hydroxylation is 2. The minimum Gasteiger partial charge on any atom is -0.365 e. The van der Waals surface area contributed by atoms with Gasteiger partial charge in [0.1, 0.15) is 5.56 Å². The first-order valence-corrected chi connectivity index (χ1v) is 11.3. The molecule has 3 heterocycles. The molecule has 34 heavy (non-hydrogen) atoms. The van der Waals surface area contributed by atoms with Crippen molar-refractivity contribution in [1.29, 1.82) is 0 Å². The number of carbonyl (C=O) groups is 2. The van der Waals surface area contributed by atoms with Crippen LogP contribution in [0.15, 0.2) is 54.7 Å². The molecule has 0 saturated carbocycles. The predicted molar refractivity (Wildman–Crippen MR) is 132 cm³/mol. The summed E-state index contributed by atoms with van der Waals surface area (Å²) in [5, 5.41) is 7.36. The first kappa shape index (κ1) is 21.6. The minimum absolute atomic E-state index is 0.0721. The molecule has 3 N–H and O–H groups in total. The summed E-state index contributed by atoms with van der Waals surface area (Å²) in [7, 11) is 0. The fourth-order valence-corrected chi connectivity index (χ4v) is 4.70. The summed E-state index contributed by atoms with van der Waals surface area (Å²) in [6.07, 6.45) is 3.22. The summed E-state index contributed by atoms with van der Waals surface area (Å²) in [6, 6.07) is 16.3. The Kier molecular flexibility index (Phi) is 5.49. The van der Waals surface area contributed by atoms with E-state index in [0.29, 0.717) is 18.5 Å². The highest BCUT2D eigenvalue weighted by Gasteiger charge is 2.22. The molecule has 1 aliphatic heterocycles. The van der Waals surface area contributed by atoms with Crippen LogP contribution in [0.2, 0.25) is 0 Å². The third kappa shape index (κ3) is 3.77. The third-order valence-corrected chi connectivity index (χ3v) is 6.43. The van der Waals surface area contributed by atoms with Crippen LogP contribution in [0.3, 0.4) is 0 Å². The fraction of sp³-hybridized carbons (Fsp3) is 0.231. The molecular weight excluding hydrogens is 428 g/mol. The molecule has 0 spiro atoms. The smallest absolute Gasteiger partial charge is 0.254 e. The van der Waals surface area contributed by atoms with Crippen LogP contribution in [0, 0.1) is 13.8 Å². The molecule has 4 aromatic rings. The molecule has 0 radical (unpaired) electrons. The van der Waals surface area contributed by atoms with Gasteiger partial charge in [-0.1, -0.05) is 30.3 Å². The van der Waals surface area contributed by atoms with Crippen LogP contribution in [-0.2, 0) is 17.6 Å². The van der Waals surface area contributed by atoms with E-state index >= 15 is 0 Å². The summed E-state index contributed by atoms with van der Waals surface area (Å²) < 4.78 is 1.61. The Bertz CT molecular complexity index is 1420. The normalized spacial score (nSPS) is 12.7. The first-order chi connectivity index (χ1) is 16.4. The molecule has 0 fully saturated rings. The van der Waals surface area contributed by atoms with Gasteiger partial charge in [-0.2, -0.15) is 5.10 Å². The quantitative estimate of drug-likeness (QED) is 0.462. The van der Waals surface area contributed by atoms with Gasteiger partial charge in [-0.25, -0.2) is 9.50 Å². The number of benzene rings is 2. The maximum Gasteiger partial charge on any atom is 0.254 e. The molecule has 5 rings (SSSR count). The Labute approximate surface area is 197 Å². The van der Waals surface area contributed by atoms with Gasteiger partial charge in [-0.3, -0.25) is 9.59 Å². The lowest BCUT2D eigenvalue weighted by atomic mass is 10.1. The number of aromatic nitrogens is 3. The van der Waals surface area contributed by atoms with Crippen LogP contribution >= 0.6 is 0 Å². The Morgan fingerprint density at radius 2 is 1.79 bits per heavy atom. The summed E-state index contributed by atoms with van der Waals surface area (Å²) in [5.41, 5.74) is 13.0. The van der Waals surface area contributed by atoms with Crippen LogP contribution < -0.4 is 16.0 Å². The van der Waals surface area contributed by atoms with Gasteiger partial charge in [0.25, 0.3) is 5.91 Å². The zero-order chi connectivity index (χ0) is 23.8. The maximum atomic E-state index is 12.9. The van der Waals surface area contributed by atoms with E-state index in [1.54, 1.807) is 4.52 Å². The van der Waals surface area contributed by atoms with E-state index in [-0.39, 0.29) is 11.5 Å². The molecule has 0 bridgehead atoms. The van der Waals surface area contributed by atoms with Gasteiger partial charge in [0, 0.05) is 30.0 Å². The molecule has 0 unspecified atom stereocenters. The van der Waals surface area contributed by atoms with Crippen molar-refractivity contribution in [3.05, 3.63) is 82.8 Å². The van der Waals surface area contributed by atoms with E-state index in [2.05, 4.69) is 38.5 Å². The molecule has 8 nitrogen and oxygen atoms in total. The largest absolute Gasteiger partial charge is 0.365 e. The second-order valence-corrected chi connectivity index (χ2v) is 8.51. The topological polar surface area (TPSA) is 106 Å². The maximum absolute atomic E-state index is 12.9. The number of nitrogens with two attached hydrogens (primary N) is 1. The van der Waals surface area contributed by atoms with Gasteiger partial charge in [0.15, 0.2) is 5.65 Å². The Hall–Kier alpha value is -4.20. The number of rotatable bonds is 6. The average Bonchev–Trinajstić information content (AvgIpc) is 3.44. The number of hydrogen-bond acceptors (Lipinski definition) is 5. The van der Waals surface area contributed by atoms with E-state index in [4.69, 9.17) is 5.73 Å². The lowest BCUT2D eigenvalue weighted by molar-refractivity contribution is -0.116. The predicted octanol–water partition coefficient (Wildman–Crippen LogP) is 3.71. The van der Waals surface area contributed by atoms with Crippen molar-refractivity contribution >= 4 is 34.5 Å². The van der Waals surface area contributed by atoms with Crippen molar-refractivity contribution in [2.24, 2.45) is 5.73 Å². The molecule has 2 aromatic heterocycles. The van der Waals surface area contributed by atoms with Gasteiger partial charge in [0.05, 0.1) is 17.6 Å². The van der Waals surface area contributed by atoms with Gasteiger partial charge >= 0.3 is 0 Å². The van der Waals surface area contributed by atoms with Gasteiger partial charge in [-0.05, 0) is 56.0 Å². The second-order valence-electron chi connectivity index (χ2n) is 8.51. The number of primary amides is 1. The fourth-order valence-electron chi connectivity index (χ4n) is 4.70. The highest BCUT2D eigenvalue weighted by Crippen LogP contribution is 2.38. The van der Waals surface area contributed by atoms with Crippen LogP contribution in [-0.4, -0.2) is 33.0 Å². The number of carbonyl (C=O) groups excluding carboxylic acids is 2. The zero-order valence-corrected chi connectivity index (χ0v) is 19.2. The number of fused-ring (bicyclic) bond motifs is 2. The third-order valence-electron chi connectivity index (χ3n) is 6.43. The van der Waals surface area contributed by atoms with E-state index in [1.807, 2.05) is 44.2 Å². The molecule has 2 aromatic carbocycles. The minimum atomic E-state index is -0.562. The average molecular weight is 455 g/mol. The van der Waals surface area contributed by atoms with E-state index in [9.17, 15) is 9.59 Å². The molecule has 8 heteroatoms.